The minimum atomic E-state index is -0.343. The maximum absolute atomic E-state index is 12.3. The maximum atomic E-state index is 12.3. The number of aromatic nitrogens is 3. The van der Waals surface area contributed by atoms with E-state index in [2.05, 4.69) is 20.5 Å². The van der Waals surface area contributed by atoms with Crippen LogP contribution in [-0.4, -0.2) is 32.7 Å². The number of hydrogen-bond acceptors (Lipinski definition) is 4. The van der Waals surface area contributed by atoms with Gasteiger partial charge in [-0.05, 0) is 36.1 Å². The summed E-state index contributed by atoms with van der Waals surface area (Å²) in [7, 11) is 0. The average Bonchev–Trinajstić information content (AvgIpc) is 3.06. The third-order valence-corrected chi connectivity index (χ3v) is 3.98. The van der Waals surface area contributed by atoms with Gasteiger partial charge >= 0.3 is 5.69 Å². The van der Waals surface area contributed by atoms with Gasteiger partial charge in [0.1, 0.15) is 11.6 Å². The molecule has 1 amide bonds. The molecule has 7 nitrogen and oxygen atoms in total. The zero-order valence-electron chi connectivity index (χ0n) is 14.2. The average molecular weight is 352 g/mol. The van der Waals surface area contributed by atoms with E-state index in [1.807, 2.05) is 36.4 Å². The number of nitrogens with one attached hydrogen (secondary N) is 3. The number of phenols is 1. The van der Waals surface area contributed by atoms with Crippen LogP contribution in [0.1, 0.15) is 33.7 Å². The summed E-state index contributed by atoms with van der Waals surface area (Å²) >= 11 is 0. The van der Waals surface area contributed by atoms with Crippen molar-refractivity contribution >= 4 is 5.91 Å². The summed E-state index contributed by atoms with van der Waals surface area (Å²) in [6.07, 6.45) is 1.85. The van der Waals surface area contributed by atoms with Crippen LogP contribution in [0.5, 0.6) is 5.75 Å². The van der Waals surface area contributed by atoms with Crippen LogP contribution >= 0.6 is 0 Å². The molecule has 26 heavy (non-hydrogen) atoms. The molecule has 7 heteroatoms. The number of nitrogens with zero attached hydrogens (tertiary/aromatic N) is 1. The molecule has 0 spiro atoms. The number of H-pyrrole nitrogens is 2. The van der Waals surface area contributed by atoms with Gasteiger partial charge in [0.05, 0.1) is 5.56 Å². The van der Waals surface area contributed by atoms with Gasteiger partial charge in [-0.2, -0.15) is 5.10 Å². The molecular weight excluding hydrogens is 332 g/mol. The molecule has 0 fully saturated rings. The number of benzene rings is 2. The Bertz CT molecular complexity index is 931. The van der Waals surface area contributed by atoms with Crippen LogP contribution in [0.3, 0.4) is 0 Å². The monoisotopic (exact) mass is 352 g/mol. The highest BCUT2D eigenvalue weighted by atomic mass is 16.3. The first-order valence-corrected chi connectivity index (χ1v) is 8.39. The van der Waals surface area contributed by atoms with Gasteiger partial charge in [0.25, 0.3) is 5.91 Å². The van der Waals surface area contributed by atoms with Gasteiger partial charge in [0.15, 0.2) is 0 Å². The summed E-state index contributed by atoms with van der Waals surface area (Å²) in [4.78, 5) is 25.8. The Morgan fingerprint density at radius 3 is 2.65 bits per heavy atom. The summed E-state index contributed by atoms with van der Waals surface area (Å²) in [6, 6.07) is 15.0. The van der Waals surface area contributed by atoms with E-state index in [0.717, 1.165) is 11.1 Å². The molecule has 0 bridgehead atoms. The lowest BCUT2D eigenvalue weighted by Crippen LogP contribution is -2.25. The summed E-state index contributed by atoms with van der Waals surface area (Å²) in [6.45, 7) is 0.413. The van der Waals surface area contributed by atoms with Crippen molar-refractivity contribution in [3.8, 4) is 5.75 Å². The van der Waals surface area contributed by atoms with Gasteiger partial charge in [0, 0.05) is 13.0 Å². The number of hydrogen-bond donors (Lipinski definition) is 4. The van der Waals surface area contributed by atoms with Gasteiger partial charge in [0.2, 0.25) is 0 Å². The first-order valence-electron chi connectivity index (χ1n) is 8.39. The number of rotatable bonds is 7. The summed E-state index contributed by atoms with van der Waals surface area (Å²) in [5.41, 5.74) is 2.00. The zero-order valence-corrected chi connectivity index (χ0v) is 14.2. The molecule has 0 saturated carbocycles. The van der Waals surface area contributed by atoms with Crippen LogP contribution in [0, 0.1) is 0 Å². The van der Waals surface area contributed by atoms with Gasteiger partial charge in [-0.1, -0.05) is 36.4 Å². The van der Waals surface area contributed by atoms with E-state index in [1.165, 1.54) is 0 Å². The van der Waals surface area contributed by atoms with Crippen molar-refractivity contribution in [1.82, 2.24) is 20.5 Å². The van der Waals surface area contributed by atoms with Crippen LogP contribution in [0.2, 0.25) is 0 Å². The van der Waals surface area contributed by atoms with Crippen molar-refractivity contribution in [2.24, 2.45) is 0 Å². The summed E-state index contributed by atoms with van der Waals surface area (Å²) in [5.74, 6) is 0.181. The third-order valence-electron chi connectivity index (χ3n) is 3.98. The Hall–Kier alpha value is -3.35. The Balaban J connectivity index is 1.57. The fourth-order valence-electron chi connectivity index (χ4n) is 2.68. The number of carbonyl (C=O) groups excluding carboxylic acids is 1. The van der Waals surface area contributed by atoms with Crippen LogP contribution in [-0.2, 0) is 12.8 Å². The molecule has 0 aliphatic carbocycles. The topological polar surface area (TPSA) is 111 Å². The van der Waals surface area contributed by atoms with Gasteiger partial charge in [-0.3, -0.25) is 9.78 Å². The first-order chi connectivity index (χ1) is 12.6. The normalized spacial score (nSPS) is 10.6. The predicted octanol–water partition coefficient (Wildman–Crippen LogP) is 1.76. The number of carbonyl (C=O) groups is 1. The highest BCUT2D eigenvalue weighted by Gasteiger charge is 2.12. The number of amides is 1. The molecule has 0 atom stereocenters. The largest absolute Gasteiger partial charge is 0.507 e. The number of phenolic OH excluding ortho intramolecular Hbond substituents is 1. The van der Waals surface area contributed by atoms with E-state index in [-0.39, 0.29) is 22.9 Å². The lowest BCUT2D eigenvalue weighted by molar-refractivity contribution is 0.0950. The van der Waals surface area contributed by atoms with Crippen LogP contribution in [0.25, 0.3) is 0 Å². The Morgan fingerprint density at radius 2 is 1.92 bits per heavy atom. The molecule has 1 aromatic heterocycles. The fourth-order valence-corrected chi connectivity index (χ4v) is 2.68. The van der Waals surface area contributed by atoms with Crippen molar-refractivity contribution in [2.45, 2.75) is 19.3 Å². The van der Waals surface area contributed by atoms with E-state index in [9.17, 15) is 14.7 Å². The molecule has 0 unspecified atom stereocenters. The van der Waals surface area contributed by atoms with E-state index in [1.54, 1.807) is 12.1 Å². The van der Waals surface area contributed by atoms with Gasteiger partial charge in [-0.25, -0.2) is 9.89 Å². The van der Waals surface area contributed by atoms with Crippen molar-refractivity contribution in [2.75, 3.05) is 6.54 Å². The molecule has 3 aromatic rings. The molecule has 1 heterocycles. The summed E-state index contributed by atoms with van der Waals surface area (Å²) in [5, 5.41) is 18.9. The molecule has 2 aromatic carbocycles. The lowest BCUT2D eigenvalue weighted by atomic mass is 10.0. The second-order valence-electron chi connectivity index (χ2n) is 6.00. The quantitative estimate of drug-likeness (QED) is 0.486. The minimum absolute atomic E-state index is 0.0454. The number of aromatic hydroxyl groups is 1. The fraction of sp³-hybridized carbons (Fsp3) is 0.211. The van der Waals surface area contributed by atoms with Crippen molar-refractivity contribution in [3.63, 3.8) is 0 Å². The van der Waals surface area contributed by atoms with E-state index in [4.69, 9.17) is 0 Å². The molecule has 0 aliphatic heterocycles. The molecule has 0 radical (unpaired) electrons. The van der Waals surface area contributed by atoms with E-state index < -0.39 is 0 Å². The first kappa shape index (κ1) is 17.5. The minimum Gasteiger partial charge on any atom is -0.507 e. The van der Waals surface area contributed by atoms with E-state index >= 15 is 0 Å². The lowest BCUT2D eigenvalue weighted by Gasteiger charge is -2.09. The SMILES string of the molecule is O=C(NCCCc1n[nH]c(=O)[nH]1)c1cc(Cc2ccccc2)ccc1O. The summed E-state index contributed by atoms with van der Waals surface area (Å²) < 4.78 is 0. The number of aryl methyl sites for hydroxylation is 1. The van der Waals surface area contributed by atoms with Crippen LogP contribution < -0.4 is 11.0 Å². The maximum Gasteiger partial charge on any atom is 0.340 e. The second kappa shape index (κ2) is 8.15. The third kappa shape index (κ3) is 4.60. The molecule has 3 rings (SSSR count). The molecular formula is C19H20N4O3. The highest BCUT2D eigenvalue weighted by Crippen LogP contribution is 2.20. The van der Waals surface area contributed by atoms with Crippen LogP contribution in [0.15, 0.2) is 53.3 Å². The predicted molar refractivity (Wildman–Crippen MR) is 97.2 cm³/mol. The van der Waals surface area contributed by atoms with Crippen LogP contribution in [0.4, 0.5) is 0 Å². The van der Waals surface area contributed by atoms with Crippen molar-refractivity contribution in [1.29, 1.82) is 0 Å². The molecule has 0 saturated heterocycles. The standard InChI is InChI=1S/C19H20N4O3/c24-16-9-8-14(11-13-5-2-1-3-6-13)12-15(16)18(25)20-10-4-7-17-21-19(26)23-22-17/h1-3,5-6,8-9,12,24H,4,7,10-11H2,(H,20,25)(H2,21,22,23,26). The Morgan fingerprint density at radius 1 is 1.12 bits per heavy atom. The van der Waals surface area contributed by atoms with Crippen molar-refractivity contribution < 1.29 is 9.90 Å². The molecule has 0 aliphatic rings. The second-order valence-corrected chi connectivity index (χ2v) is 6.00. The Kier molecular flexibility index (Phi) is 5.48. The van der Waals surface area contributed by atoms with Crippen molar-refractivity contribution in [3.05, 3.63) is 81.5 Å². The van der Waals surface area contributed by atoms with Gasteiger partial charge in [-0.15, -0.1) is 0 Å². The van der Waals surface area contributed by atoms with Gasteiger partial charge < -0.3 is 10.4 Å². The zero-order chi connectivity index (χ0) is 18.4. The molecule has 134 valence electrons. The smallest absolute Gasteiger partial charge is 0.340 e. The highest BCUT2D eigenvalue weighted by molar-refractivity contribution is 5.97. The number of aromatic amines is 2. The Labute approximate surface area is 150 Å². The molecule has 4 N–H and O–H groups in total. The van der Waals surface area contributed by atoms with E-state index in [0.29, 0.717) is 31.6 Å².